The zero-order valence-corrected chi connectivity index (χ0v) is 22.9. The van der Waals surface area contributed by atoms with E-state index in [2.05, 4.69) is 15.6 Å². The minimum absolute atomic E-state index is 0.119. The van der Waals surface area contributed by atoms with Gasteiger partial charge in [-0.15, -0.1) is 0 Å². The summed E-state index contributed by atoms with van der Waals surface area (Å²) in [5, 5.41) is 8.07. The van der Waals surface area contributed by atoms with Crippen LogP contribution < -0.4 is 16.2 Å². The molecule has 0 atom stereocenters. The molecule has 40 heavy (non-hydrogen) atoms. The van der Waals surface area contributed by atoms with Crippen molar-refractivity contribution in [2.75, 3.05) is 10.6 Å². The Morgan fingerprint density at radius 2 is 1.50 bits per heavy atom. The normalized spacial score (nSPS) is 11.1. The number of nitrogens with one attached hydrogen (secondary N) is 2. The second-order valence-electron chi connectivity index (χ2n) is 9.20. The van der Waals surface area contributed by atoms with Gasteiger partial charge in [0.25, 0.3) is 5.56 Å². The van der Waals surface area contributed by atoms with Crippen LogP contribution in [0.2, 0.25) is 10.0 Å². The summed E-state index contributed by atoms with van der Waals surface area (Å²) in [6.45, 7) is 2.00. The first-order valence-corrected chi connectivity index (χ1v) is 13.3. The van der Waals surface area contributed by atoms with Gasteiger partial charge >= 0.3 is 6.01 Å². The summed E-state index contributed by atoms with van der Waals surface area (Å²) in [4.78, 5) is 23.2. The topological polar surface area (TPSA) is 85.0 Å². The molecule has 6 rings (SSSR count). The summed E-state index contributed by atoms with van der Waals surface area (Å²) in [5.41, 5.74) is 4.51. The van der Waals surface area contributed by atoms with E-state index in [1.54, 1.807) is 24.3 Å². The van der Waals surface area contributed by atoms with Gasteiger partial charge in [-0.2, -0.15) is 4.98 Å². The molecule has 0 unspecified atom stereocenters. The van der Waals surface area contributed by atoms with Gasteiger partial charge in [-0.3, -0.25) is 4.79 Å². The summed E-state index contributed by atoms with van der Waals surface area (Å²) >= 11 is 12.8. The van der Waals surface area contributed by atoms with Gasteiger partial charge in [0.15, 0.2) is 5.82 Å². The number of rotatable bonds is 7. The zero-order chi connectivity index (χ0) is 27.6. The number of anilines is 4. The van der Waals surface area contributed by atoms with Crippen molar-refractivity contribution in [2.45, 2.75) is 13.3 Å². The first kappa shape index (κ1) is 25.7. The fourth-order valence-electron chi connectivity index (χ4n) is 4.49. The van der Waals surface area contributed by atoms with E-state index in [-0.39, 0.29) is 11.6 Å². The molecule has 7 nitrogen and oxygen atoms in total. The fourth-order valence-corrected chi connectivity index (χ4v) is 4.98. The lowest BCUT2D eigenvalue weighted by Crippen LogP contribution is -2.24. The molecule has 0 aliphatic carbocycles. The Bertz CT molecular complexity index is 1890. The van der Waals surface area contributed by atoms with Crippen LogP contribution in [0.4, 0.5) is 22.9 Å². The van der Waals surface area contributed by atoms with Crippen molar-refractivity contribution in [2.24, 2.45) is 0 Å². The van der Waals surface area contributed by atoms with Crippen molar-refractivity contribution >= 4 is 57.0 Å². The molecule has 0 saturated heterocycles. The number of aryl methyl sites for hydroxylation is 1. The highest BCUT2D eigenvalue weighted by molar-refractivity contribution is 6.39. The molecule has 0 aliphatic heterocycles. The van der Waals surface area contributed by atoms with Crippen LogP contribution >= 0.6 is 23.2 Å². The lowest BCUT2D eigenvalue weighted by molar-refractivity contribution is 0.515. The van der Waals surface area contributed by atoms with Gasteiger partial charge in [-0.25, -0.2) is 9.55 Å². The third-order valence-corrected chi connectivity index (χ3v) is 7.15. The van der Waals surface area contributed by atoms with Gasteiger partial charge in [0, 0.05) is 17.8 Å². The highest BCUT2D eigenvalue weighted by Gasteiger charge is 2.19. The van der Waals surface area contributed by atoms with Crippen molar-refractivity contribution < 1.29 is 4.42 Å². The maximum atomic E-state index is 13.8. The number of nitrogens with zero attached hydrogens (tertiary/aromatic N) is 3. The predicted molar refractivity (Wildman–Crippen MR) is 161 cm³/mol. The van der Waals surface area contributed by atoms with E-state index < -0.39 is 0 Å². The molecule has 0 spiro atoms. The molecule has 0 bridgehead atoms. The zero-order valence-electron chi connectivity index (χ0n) is 21.4. The van der Waals surface area contributed by atoms with Crippen LogP contribution in [0, 0.1) is 6.92 Å². The maximum absolute atomic E-state index is 13.8. The van der Waals surface area contributed by atoms with Gasteiger partial charge in [0.2, 0.25) is 0 Å². The molecule has 0 radical (unpaired) electrons. The monoisotopic (exact) mass is 567 g/mol. The van der Waals surface area contributed by atoms with Crippen LogP contribution in [0.25, 0.3) is 16.9 Å². The third kappa shape index (κ3) is 5.04. The lowest BCUT2D eigenvalue weighted by Gasteiger charge is -2.16. The van der Waals surface area contributed by atoms with E-state index in [1.807, 2.05) is 73.7 Å². The second-order valence-corrected chi connectivity index (χ2v) is 10.0. The number of para-hydroxylation sites is 4. The summed E-state index contributed by atoms with van der Waals surface area (Å²) in [6, 6.07) is 28.3. The van der Waals surface area contributed by atoms with Crippen molar-refractivity contribution in [3.8, 4) is 6.01 Å². The van der Waals surface area contributed by atoms with Crippen LogP contribution in [0.1, 0.15) is 17.0 Å². The molecule has 2 N–H and O–H groups in total. The Morgan fingerprint density at radius 3 is 2.30 bits per heavy atom. The highest BCUT2D eigenvalue weighted by atomic mass is 35.5. The van der Waals surface area contributed by atoms with E-state index >= 15 is 0 Å². The van der Waals surface area contributed by atoms with Crippen molar-refractivity contribution in [1.29, 1.82) is 0 Å². The van der Waals surface area contributed by atoms with Crippen LogP contribution in [0.5, 0.6) is 0 Å². The van der Waals surface area contributed by atoms with Gasteiger partial charge in [0.1, 0.15) is 12.1 Å². The Labute approximate surface area is 240 Å². The molecule has 0 saturated carbocycles. The number of hydrogen-bond donors (Lipinski definition) is 2. The van der Waals surface area contributed by atoms with Gasteiger partial charge < -0.3 is 15.1 Å². The lowest BCUT2D eigenvalue weighted by atomic mass is 10.1. The summed E-state index contributed by atoms with van der Waals surface area (Å²) in [7, 11) is 0. The Kier molecular flexibility index (Phi) is 6.99. The highest BCUT2D eigenvalue weighted by Crippen LogP contribution is 2.34. The molecule has 0 aliphatic rings. The number of oxazole rings is 1. The van der Waals surface area contributed by atoms with Gasteiger partial charge in [-0.05, 0) is 54.4 Å². The van der Waals surface area contributed by atoms with E-state index in [1.165, 1.54) is 10.8 Å². The third-order valence-electron chi connectivity index (χ3n) is 6.52. The number of benzene rings is 4. The van der Waals surface area contributed by atoms with Gasteiger partial charge in [0.05, 0.1) is 26.6 Å². The fraction of sp³-hybridized carbons (Fsp3) is 0.0645. The second kappa shape index (κ2) is 10.9. The predicted octanol–water partition coefficient (Wildman–Crippen LogP) is 8.07. The van der Waals surface area contributed by atoms with E-state index in [0.29, 0.717) is 44.7 Å². The molecule has 2 aromatic heterocycles. The first-order valence-electron chi connectivity index (χ1n) is 12.6. The molecule has 4 aromatic carbocycles. The molecule has 2 heterocycles. The van der Waals surface area contributed by atoms with Crippen molar-refractivity contribution in [3.05, 3.63) is 135 Å². The Balaban J connectivity index is 1.43. The quantitative estimate of drug-likeness (QED) is 0.203. The van der Waals surface area contributed by atoms with Gasteiger partial charge in [-0.1, -0.05) is 77.8 Å². The summed E-state index contributed by atoms with van der Waals surface area (Å²) < 4.78 is 7.25. The number of hydrogen-bond acceptors (Lipinski definition) is 6. The maximum Gasteiger partial charge on any atom is 0.312 e. The molecular formula is C31H23Cl2N5O2. The molecule has 0 fully saturated rings. The average Bonchev–Trinajstić information content (AvgIpc) is 3.41. The minimum Gasteiger partial charge on any atom is -0.429 e. The van der Waals surface area contributed by atoms with Crippen LogP contribution in [-0.4, -0.2) is 14.5 Å². The van der Waals surface area contributed by atoms with E-state index in [4.69, 9.17) is 32.6 Å². The first-order chi connectivity index (χ1) is 19.5. The van der Waals surface area contributed by atoms with Crippen LogP contribution in [-0.2, 0) is 6.42 Å². The largest absolute Gasteiger partial charge is 0.429 e. The number of fused-ring (bicyclic) bond motifs is 1. The van der Waals surface area contributed by atoms with Crippen molar-refractivity contribution in [1.82, 2.24) is 14.5 Å². The van der Waals surface area contributed by atoms with E-state index in [9.17, 15) is 4.79 Å². The SMILES string of the molecule is Cc1ccccc1Nc1coc(-n2c(Cc3ccccc3Nc3c(Cl)cccc3Cl)nc3ccccc3c2=O)n1. The molecule has 198 valence electrons. The Morgan fingerprint density at radius 1 is 0.800 bits per heavy atom. The summed E-state index contributed by atoms with van der Waals surface area (Å²) in [5.74, 6) is 0.943. The standard InChI is InChI=1S/C31H23Cl2N5O2/c1-19-9-2-5-14-24(19)34-27-18-40-31(37-27)38-28(35-26-16-7-4-11-21(26)30(38)39)17-20-10-3-6-15-25(20)36-29-22(32)12-8-13-23(29)33/h2-16,18,34,36H,17H2,1H3. The molecule has 6 aromatic rings. The smallest absolute Gasteiger partial charge is 0.312 e. The van der Waals surface area contributed by atoms with E-state index in [0.717, 1.165) is 22.5 Å². The molecule has 9 heteroatoms. The van der Waals surface area contributed by atoms with Crippen molar-refractivity contribution in [3.63, 3.8) is 0 Å². The number of aromatic nitrogens is 3. The van der Waals surface area contributed by atoms with Crippen LogP contribution in [0.15, 0.2) is 106 Å². The average molecular weight is 568 g/mol. The molecular weight excluding hydrogens is 545 g/mol. The van der Waals surface area contributed by atoms with Crippen LogP contribution in [0.3, 0.4) is 0 Å². The number of halogens is 2. The minimum atomic E-state index is -0.274. The molecule has 0 amide bonds. The summed E-state index contributed by atoms with van der Waals surface area (Å²) in [6.07, 6.45) is 1.79. The Hall–Kier alpha value is -4.59.